The topological polar surface area (TPSA) is 66.1 Å². The first kappa shape index (κ1) is 21.3. The lowest BCUT2D eigenvalue weighted by atomic mass is 9.78. The van der Waals surface area contributed by atoms with E-state index in [4.69, 9.17) is 11.6 Å². The first-order valence-electron chi connectivity index (χ1n) is 10.4. The monoisotopic (exact) mass is 445 g/mol. The van der Waals surface area contributed by atoms with Gasteiger partial charge in [-0.05, 0) is 67.4 Å². The minimum Gasteiger partial charge on any atom is -0.348 e. The van der Waals surface area contributed by atoms with Crippen molar-refractivity contribution in [2.75, 3.05) is 19.3 Å². The van der Waals surface area contributed by atoms with Gasteiger partial charge in [0.25, 0.3) is 0 Å². The highest BCUT2D eigenvalue weighted by Gasteiger charge is 2.31. The Morgan fingerprint density at radius 2 is 2.00 bits per heavy atom. The molecule has 0 radical (unpaired) electrons. The summed E-state index contributed by atoms with van der Waals surface area (Å²) in [5.74, 6) is 0.679. The molecule has 1 unspecified atom stereocenters. The fourth-order valence-electron chi connectivity index (χ4n) is 4.66. The quantitative estimate of drug-likeness (QED) is 0.719. The number of benzene rings is 1. The first-order valence-corrected chi connectivity index (χ1v) is 12.6. The summed E-state index contributed by atoms with van der Waals surface area (Å²) >= 11 is 6.34. The van der Waals surface area contributed by atoms with Crippen LogP contribution in [-0.4, -0.2) is 42.0 Å². The molecule has 1 aromatic carbocycles. The highest BCUT2D eigenvalue weighted by Crippen LogP contribution is 2.41. The second-order valence-corrected chi connectivity index (χ2v) is 10.8. The van der Waals surface area contributed by atoms with Crippen molar-refractivity contribution < 1.29 is 8.42 Å². The number of sulfonamides is 1. The number of hydrogen-bond acceptors (Lipinski definition) is 3. The molecular weight excluding hydrogens is 418 g/mol. The van der Waals surface area contributed by atoms with Crippen LogP contribution >= 0.6 is 11.6 Å². The summed E-state index contributed by atoms with van der Waals surface area (Å²) in [5, 5.41) is 0.739. The van der Waals surface area contributed by atoms with Crippen LogP contribution in [0.1, 0.15) is 48.9 Å². The van der Waals surface area contributed by atoms with Crippen LogP contribution in [0.25, 0.3) is 6.08 Å². The molecule has 1 aliphatic carbocycles. The van der Waals surface area contributed by atoms with Gasteiger partial charge in [-0.25, -0.2) is 17.7 Å². The molecule has 4 rings (SSSR count). The Kier molecular flexibility index (Phi) is 6.19. The average Bonchev–Trinajstić information content (AvgIpc) is 3.18. The molecule has 1 saturated heterocycles. The number of halogens is 1. The van der Waals surface area contributed by atoms with Crippen LogP contribution in [-0.2, 0) is 16.4 Å². The molecule has 1 fully saturated rings. The predicted octanol–water partition coefficient (Wildman–Crippen LogP) is 4.79. The number of piperidine rings is 1. The van der Waals surface area contributed by atoms with Gasteiger partial charge in [0.15, 0.2) is 0 Å². The molecule has 1 atom stereocenters. The average molecular weight is 446 g/mol. The molecule has 160 valence electrons. The van der Waals surface area contributed by atoms with Crippen LogP contribution in [0.5, 0.6) is 0 Å². The summed E-state index contributed by atoms with van der Waals surface area (Å²) in [6, 6.07) is 6.16. The Labute approximate surface area is 183 Å². The number of aromatic amines is 1. The van der Waals surface area contributed by atoms with Gasteiger partial charge in [0.1, 0.15) is 0 Å². The highest BCUT2D eigenvalue weighted by atomic mass is 35.5. The molecule has 0 bridgehead atoms. The molecular formula is C23H28ClN3O2S. The Bertz CT molecular complexity index is 1070. The normalized spacial score (nSPS) is 21.0. The van der Waals surface area contributed by atoms with Crippen LogP contribution in [0.15, 0.2) is 47.9 Å². The Morgan fingerprint density at radius 3 is 2.67 bits per heavy atom. The molecule has 30 heavy (non-hydrogen) atoms. The number of fused-ring (bicyclic) bond motifs is 1. The summed E-state index contributed by atoms with van der Waals surface area (Å²) < 4.78 is 25.4. The molecule has 2 heterocycles. The summed E-state index contributed by atoms with van der Waals surface area (Å²) in [6.07, 6.45) is 13.1. The van der Waals surface area contributed by atoms with Gasteiger partial charge in [0, 0.05) is 35.9 Å². The Morgan fingerprint density at radius 1 is 1.23 bits per heavy atom. The van der Waals surface area contributed by atoms with Gasteiger partial charge < -0.3 is 4.98 Å². The van der Waals surface area contributed by atoms with Crippen molar-refractivity contribution in [3.05, 3.63) is 69.8 Å². The van der Waals surface area contributed by atoms with E-state index < -0.39 is 10.0 Å². The zero-order valence-electron chi connectivity index (χ0n) is 17.4. The molecule has 0 spiro atoms. The van der Waals surface area contributed by atoms with Crippen molar-refractivity contribution in [2.45, 2.75) is 38.5 Å². The van der Waals surface area contributed by atoms with Crippen LogP contribution in [0.3, 0.4) is 0 Å². The predicted molar refractivity (Wildman–Crippen MR) is 122 cm³/mol. The smallest absolute Gasteiger partial charge is 0.211 e. The lowest BCUT2D eigenvalue weighted by molar-refractivity contribution is 0.260. The summed E-state index contributed by atoms with van der Waals surface area (Å²) in [7, 11) is -3.12. The molecule has 0 saturated carbocycles. The zero-order valence-corrected chi connectivity index (χ0v) is 19.0. The number of aryl methyl sites for hydroxylation is 1. The third-order valence-electron chi connectivity index (χ3n) is 6.37. The molecule has 2 aromatic rings. The van der Waals surface area contributed by atoms with E-state index in [1.165, 1.54) is 28.5 Å². The minimum absolute atomic E-state index is 0.264. The minimum atomic E-state index is -3.12. The summed E-state index contributed by atoms with van der Waals surface area (Å²) in [5.41, 5.74) is 6.18. The van der Waals surface area contributed by atoms with Gasteiger partial charge in [0.05, 0.1) is 12.6 Å². The number of imidazole rings is 1. The van der Waals surface area contributed by atoms with Gasteiger partial charge in [-0.2, -0.15) is 0 Å². The van der Waals surface area contributed by atoms with E-state index in [0.717, 1.165) is 36.4 Å². The number of aromatic nitrogens is 2. The number of H-pyrrole nitrogens is 1. The second kappa shape index (κ2) is 8.69. The summed E-state index contributed by atoms with van der Waals surface area (Å²) in [6.45, 7) is 3.37. The first-order chi connectivity index (χ1) is 14.3. The van der Waals surface area contributed by atoms with Crippen molar-refractivity contribution >= 4 is 27.7 Å². The number of hydrogen-bond donors (Lipinski definition) is 1. The van der Waals surface area contributed by atoms with E-state index in [0.29, 0.717) is 19.0 Å². The van der Waals surface area contributed by atoms with Crippen LogP contribution < -0.4 is 0 Å². The summed E-state index contributed by atoms with van der Waals surface area (Å²) in [4.78, 5) is 7.29. The van der Waals surface area contributed by atoms with Crippen molar-refractivity contribution in [3.8, 4) is 0 Å². The van der Waals surface area contributed by atoms with Crippen molar-refractivity contribution in [2.24, 2.45) is 5.92 Å². The van der Waals surface area contributed by atoms with Gasteiger partial charge in [0.2, 0.25) is 10.0 Å². The van der Waals surface area contributed by atoms with Crippen LogP contribution in [0, 0.1) is 5.92 Å². The van der Waals surface area contributed by atoms with Crippen LogP contribution in [0.4, 0.5) is 0 Å². The van der Waals surface area contributed by atoms with Crippen molar-refractivity contribution in [3.63, 3.8) is 0 Å². The molecule has 0 amide bonds. The van der Waals surface area contributed by atoms with Crippen LogP contribution in [0.2, 0.25) is 5.02 Å². The van der Waals surface area contributed by atoms with E-state index in [-0.39, 0.29) is 5.92 Å². The van der Waals surface area contributed by atoms with Gasteiger partial charge >= 0.3 is 0 Å². The zero-order chi connectivity index (χ0) is 21.3. The number of allylic oxidation sites excluding steroid dienone is 3. The van der Waals surface area contributed by atoms with Gasteiger partial charge in [-0.15, -0.1) is 0 Å². The highest BCUT2D eigenvalue weighted by molar-refractivity contribution is 7.88. The Balaban J connectivity index is 1.61. The molecule has 5 nitrogen and oxygen atoms in total. The number of nitrogens with one attached hydrogen (secondary N) is 1. The fourth-order valence-corrected chi connectivity index (χ4v) is 5.71. The maximum atomic E-state index is 11.9. The lowest BCUT2D eigenvalue weighted by Crippen LogP contribution is -2.39. The third kappa shape index (κ3) is 4.71. The largest absolute Gasteiger partial charge is 0.348 e. The van der Waals surface area contributed by atoms with Gasteiger partial charge in [-0.1, -0.05) is 35.4 Å². The SMILES string of the molecule is CC1=CC(C2CCN(S(C)(=O)=O)CC2)c2ccc(Cl)cc2C=C1CCc1cnc[nH]1. The van der Waals surface area contributed by atoms with E-state index in [1.807, 2.05) is 12.3 Å². The maximum absolute atomic E-state index is 11.9. The lowest BCUT2D eigenvalue weighted by Gasteiger charge is -2.34. The van der Waals surface area contributed by atoms with E-state index in [1.54, 1.807) is 10.6 Å². The van der Waals surface area contributed by atoms with E-state index in [2.05, 4.69) is 41.2 Å². The fraction of sp³-hybridized carbons (Fsp3) is 0.435. The standard InChI is InChI=1S/C23H28ClN3O2S/c1-16-11-23(17-7-9-27(10-8-17)30(2,28)29)22-6-4-20(24)13-19(22)12-18(16)3-5-21-14-25-15-26-21/h4,6,11-15,17,23H,3,5,7-10H2,1-2H3,(H,25,26). The maximum Gasteiger partial charge on any atom is 0.211 e. The third-order valence-corrected chi connectivity index (χ3v) is 7.91. The van der Waals surface area contributed by atoms with Gasteiger partial charge in [-0.3, -0.25) is 0 Å². The Hall–Kier alpha value is -1.89. The molecule has 7 heteroatoms. The number of nitrogens with zero attached hydrogens (tertiary/aromatic N) is 2. The second-order valence-electron chi connectivity index (χ2n) is 8.39. The van der Waals surface area contributed by atoms with Crippen molar-refractivity contribution in [1.29, 1.82) is 0 Å². The molecule has 1 aliphatic heterocycles. The van der Waals surface area contributed by atoms with Crippen molar-refractivity contribution in [1.82, 2.24) is 14.3 Å². The van der Waals surface area contributed by atoms with E-state index >= 15 is 0 Å². The molecule has 1 N–H and O–H groups in total. The molecule has 2 aliphatic rings. The van der Waals surface area contributed by atoms with E-state index in [9.17, 15) is 8.42 Å². The molecule has 1 aromatic heterocycles. The number of rotatable bonds is 5.